The van der Waals surface area contributed by atoms with E-state index in [1.54, 1.807) is 14.1 Å². The van der Waals surface area contributed by atoms with Gasteiger partial charge in [-0.1, -0.05) is 0 Å². The third-order valence-electron chi connectivity index (χ3n) is 2.39. The van der Waals surface area contributed by atoms with Crippen LogP contribution < -0.4 is 0 Å². The maximum absolute atomic E-state index is 11.4. The number of hydrogen-bond donors (Lipinski definition) is 1. The summed E-state index contributed by atoms with van der Waals surface area (Å²) in [5, 5.41) is 13.6. The van der Waals surface area contributed by atoms with Crippen LogP contribution in [0.4, 0.5) is 0 Å². The molecule has 0 aliphatic carbocycles. The lowest BCUT2D eigenvalue weighted by Gasteiger charge is -2.22. The molecule has 7 nitrogen and oxygen atoms in total. The highest BCUT2D eigenvalue weighted by Gasteiger charge is 2.24. The molecule has 0 atom stereocenters. The Bertz CT molecular complexity index is 376. The van der Waals surface area contributed by atoms with Crippen LogP contribution in [0.25, 0.3) is 0 Å². The first-order chi connectivity index (χ1) is 7.91. The van der Waals surface area contributed by atoms with Crippen LogP contribution in [0.3, 0.4) is 0 Å². The van der Waals surface area contributed by atoms with E-state index in [4.69, 9.17) is 5.11 Å². The number of nitrogens with zero attached hydrogens (tertiary/aromatic N) is 3. The van der Waals surface area contributed by atoms with Gasteiger partial charge in [-0.05, 0) is 0 Å². The molecule has 0 aromatic heterocycles. The molecule has 0 bridgehead atoms. The van der Waals surface area contributed by atoms with Crippen molar-refractivity contribution in [3.8, 4) is 0 Å². The van der Waals surface area contributed by atoms with Gasteiger partial charge in [-0.25, -0.2) is 9.80 Å². The molecule has 0 spiro atoms. The second-order valence-corrected chi connectivity index (χ2v) is 3.91. The van der Waals surface area contributed by atoms with Crippen molar-refractivity contribution in [1.29, 1.82) is 0 Å². The van der Waals surface area contributed by atoms with E-state index in [0.29, 0.717) is 0 Å². The van der Waals surface area contributed by atoms with E-state index in [1.807, 2.05) is 0 Å². The lowest BCUT2D eigenvalue weighted by atomic mass is 10.1. The quantitative estimate of drug-likeness (QED) is 0.720. The summed E-state index contributed by atoms with van der Waals surface area (Å²) in [5.41, 5.74) is -0.0399. The third-order valence-corrected chi connectivity index (χ3v) is 2.39. The van der Waals surface area contributed by atoms with Crippen molar-refractivity contribution in [2.45, 2.75) is 19.3 Å². The summed E-state index contributed by atoms with van der Waals surface area (Å²) in [6.45, 7) is 0.118. The monoisotopic (exact) mass is 241 g/mol. The first kappa shape index (κ1) is 13.1. The number of rotatable bonds is 4. The summed E-state index contributed by atoms with van der Waals surface area (Å²) in [6.07, 6.45) is 0.405. The first-order valence-electron chi connectivity index (χ1n) is 5.23. The molecule has 0 fully saturated rings. The summed E-state index contributed by atoms with van der Waals surface area (Å²) in [7, 11) is 3.23. The Morgan fingerprint density at radius 2 is 2.06 bits per heavy atom. The Kier molecular flexibility index (Phi) is 4.19. The minimum atomic E-state index is -1.12. The maximum atomic E-state index is 11.4. The van der Waals surface area contributed by atoms with Gasteiger partial charge in [-0.3, -0.25) is 9.59 Å². The Balaban J connectivity index is 2.62. The van der Waals surface area contributed by atoms with Crippen LogP contribution in [0.15, 0.2) is 5.10 Å². The van der Waals surface area contributed by atoms with Crippen molar-refractivity contribution in [3.05, 3.63) is 0 Å². The smallest absolute Gasteiger partial charge is 0.352 e. The SMILES string of the molecule is CN(C)C(=O)CCN1N=C(C(=O)O)CCC1=O. The van der Waals surface area contributed by atoms with Gasteiger partial charge in [0.2, 0.25) is 11.8 Å². The van der Waals surface area contributed by atoms with Gasteiger partial charge in [0.25, 0.3) is 0 Å². The second kappa shape index (κ2) is 5.42. The molecule has 0 saturated heterocycles. The van der Waals surface area contributed by atoms with E-state index in [-0.39, 0.29) is 43.3 Å². The standard InChI is InChI=1S/C10H15N3O4/c1-12(2)8(14)5-6-13-9(15)4-3-7(11-13)10(16)17/h3-6H2,1-2H3,(H,16,17). The molecule has 0 aromatic carbocycles. The highest BCUT2D eigenvalue weighted by molar-refractivity contribution is 6.36. The topological polar surface area (TPSA) is 90.3 Å². The molecule has 17 heavy (non-hydrogen) atoms. The third kappa shape index (κ3) is 3.54. The van der Waals surface area contributed by atoms with Crippen molar-refractivity contribution >= 4 is 23.5 Å². The lowest BCUT2D eigenvalue weighted by molar-refractivity contribution is -0.134. The summed E-state index contributed by atoms with van der Waals surface area (Å²) in [4.78, 5) is 34.9. The van der Waals surface area contributed by atoms with E-state index >= 15 is 0 Å². The van der Waals surface area contributed by atoms with Gasteiger partial charge in [0.1, 0.15) is 5.71 Å². The lowest BCUT2D eigenvalue weighted by Crippen LogP contribution is -2.36. The molecular weight excluding hydrogens is 226 g/mol. The number of amides is 2. The van der Waals surface area contributed by atoms with E-state index in [0.717, 1.165) is 5.01 Å². The fourth-order valence-electron chi connectivity index (χ4n) is 1.36. The molecule has 1 rings (SSSR count). The zero-order valence-corrected chi connectivity index (χ0v) is 9.84. The first-order valence-corrected chi connectivity index (χ1v) is 5.23. The average molecular weight is 241 g/mol. The van der Waals surface area contributed by atoms with Crippen molar-refractivity contribution in [1.82, 2.24) is 9.91 Å². The molecule has 1 heterocycles. The Morgan fingerprint density at radius 3 is 2.59 bits per heavy atom. The van der Waals surface area contributed by atoms with Crippen LogP contribution >= 0.6 is 0 Å². The molecule has 94 valence electrons. The number of carbonyl (C=O) groups excluding carboxylic acids is 2. The molecule has 0 aromatic rings. The maximum Gasteiger partial charge on any atom is 0.352 e. The van der Waals surface area contributed by atoms with E-state index in [9.17, 15) is 14.4 Å². The normalized spacial score (nSPS) is 15.5. The summed E-state index contributed by atoms with van der Waals surface area (Å²) < 4.78 is 0. The predicted molar refractivity (Wildman–Crippen MR) is 59.3 cm³/mol. The molecule has 1 N–H and O–H groups in total. The van der Waals surface area contributed by atoms with Crippen LogP contribution in [0.1, 0.15) is 19.3 Å². The number of aliphatic carboxylic acids is 1. The van der Waals surface area contributed by atoms with E-state index in [2.05, 4.69) is 5.10 Å². The van der Waals surface area contributed by atoms with Crippen molar-refractivity contribution in [3.63, 3.8) is 0 Å². The Morgan fingerprint density at radius 1 is 1.41 bits per heavy atom. The molecule has 1 aliphatic heterocycles. The average Bonchev–Trinajstić information content (AvgIpc) is 2.26. The van der Waals surface area contributed by atoms with Gasteiger partial charge in [0.15, 0.2) is 0 Å². The van der Waals surface area contributed by atoms with E-state index < -0.39 is 5.97 Å². The zero-order chi connectivity index (χ0) is 13.0. The molecule has 2 amide bonds. The minimum Gasteiger partial charge on any atom is -0.477 e. The summed E-state index contributed by atoms with van der Waals surface area (Å²) >= 11 is 0. The number of hydrazone groups is 1. The van der Waals surface area contributed by atoms with Gasteiger partial charge >= 0.3 is 5.97 Å². The van der Waals surface area contributed by atoms with E-state index in [1.165, 1.54) is 4.90 Å². The number of carbonyl (C=O) groups is 3. The van der Waals surface area contributed by atoms with Gasteiger partial charge in [-0.15, -0.1) is 0 Å². The Labute approximate surface area is 98.7 Å². The van der Waals surface area contributed by atoms with Gasteiger partial charge in [-0.2, -0.15) is 5.10 Å². The van der Waals surface area contributed by atoms with Gasteiger partial charge in [0.05, 0.1) is 6.54 Å². The van der Waals surface area contributed by atoms with Crippen LogP contribution in [0, 0.1) is 0 Å². The van der Waals surface area contributed by atoms with Crippen LogP contribution in [-0.4, -0.2) is 59.2 Å². The molecule has 0 radical (unpaired) electrons. The zero-order valence-electron chi connectivity index (χ0n) is 9.84. The number of hydrogen-bond acceptors (Lipinski definition) is 4. The van der Waals surface area contributed by atoms with Crippen LogP contribution in [0.5, 0.6) is 0 Å². The fraction of sp³-hybridized carbons (Fsp3) is 0.600. The molecule has 0 saturated carbocycles. The van der Waals surface area contributed by atoms with Gasteiger partial charge in [0, 0.05) is 33.4 Å². The summed E-state index contributed by atoms with van der Waals surface area (Å²) in [5.74, 6) is -1.50. The minimum absolute atomic E-state index is 0.0399. The highest BCUT2D eigenvalue weighted by Crippen LogP contribution is 2.10. The molecule has 7 heteroatoms. The highest BCUT2D eigenvalue weighted by atomic mass is 16.4. The summed E-state index contributed by atoms with van der Waals surface area (Å²) in [6, 6.07) is 0. The predicted octanol–water partition coefficient (Wildman–Crippen LogP) is -0.472. The van der Waals surface area contributed by atoms with Crippen LogP contribution in [-0.2, 0) is 14.4 Å². The fourth-order valence-corrected chi connectivity index (χ4v) is 1.36. The van der Waals surface area contributed by atoms with Crippen molar-refractivity contribution < 1.29 is 19.5 Å². The Hall–Kier alpha value is -1.92. The molecule has 1 aliphatic rings. The largest absolute Gasteiger partial charge is 0.477 e. The number of carboxylic acid groups (broad SMARTS) is 1. The van der Waals surface area contributed by atoms with Crippen molar-refractivity contribution in [2.24, 2.45) is 5.10 Å². The van der Waals surface area contributed by atoms with Crippen molar-refractivity contribution in [2.75, 3.05) is 20.6 Å². The molecular formula is C10H15N3O4. The van der Waals surface area contributed by atoms with Gasteiger partial charge < -0.3 is 10.0 Å². The second-order valence-electron chi connectivity index (χ2n) is 3.91. The number of carboxylic acids is 1. The molecule has 0 unspecified atom stereocenters. The van der Waals surface area contributed by atoms with Crippen LogP contribution in [0.2, 0.25) is 0 Å².